The van der Waals surface area contributed by atoms with E-state index in [0.29, 0.717) is 6.04 Å². The van der Waals surface area contributed by atoms with Gasteiger partial charge in [0.15, 0.2) is 0 Å². The van der Waals surface area contributed by atoms with Crippen LogP contribution >= 0.6 is 11.3 Å². The molecule has 0 aliphatic rings. The smallest absolute Gasteiger partial charge is 0.109 e. The normalized spacial score (nSPS) is 12.6. The van der Waals surface area contributed by atoms with Gasteiger partial charge in [-0.15, -0.1) is 11.3 Å². The average molecular weight is 260 g/mol. The molecule has 2 nitrogen and oxygen atoms in total. The molecule has 0 aliphatic heterocycles. The van der Waals surface area contributed by atoms with Crippen LogP contribution in [0.4, 0.5) is 0 Å². The molecule has 3 heteroatoms. The van der Waals surface area contributed by atoms with Crippen LogP contribution in [0.3, 0.4) is 0 Å². The minimum atomic E-state index is 0.366. The maximum absolute atomic E-state index is 4.40. The molecule has 0 bridgehead atoms. The van der Waals surface area contributed by atoms with Crippen molar-refractivity contribution < 1.29 is 0 Å². The van der Waals surface area contributed by atoms with E-state index in [1.54, 1.807) is 11.3 Å². The Morgan fingerprint density at radius 3 is 2.83 bits per heavy atom. The van der Waals surface area contributed by atoms with Crippen molar-refractivity contribution in [3.63, 3.8) is 0 Å². The van der Waals surface area contributed by atoms with Crippen LogP contribution in [0.25, 0.3) is 0 Å². The molecule has 96 valence electrons. The highest BCUT2D eigenvalue weighted by molar-refractivity contribution is 7.09. The second-order valence-corrected chi connectivity index (χ2v) is 5.57. The molecule has 1 atom stereocenters. The molecule has 1 heterocycles. The van der Waals surface area contributed by atoms with Crippen molar-refractivity contribution in [2.75, 3.05) is 0 Å². The Labute approximate surface area is 113 Å². The van der Waals surface area contributed by atoms with E-state index in [9.17, 15) is 0 Å². The molecule has 0 amide bonds. The quantitative estimate of drug-likeness (QED) is 0.879. The zero-order chi connectivity index (χ0) is 13.0. The first kappa shape index (κ1) is 13.2. The van der Waals surface area contributed by atoms with E-state index < -0.39 is 0 Å². The second-order valence-electron chi connectivity index (χ2n) is 4.64. The fourth-order valence-corrected chi connectivity index (χ4v) is 2.83. The predicted octanol–water partition coefficient (Wildman–Crippen LogP) is 4.00. The summed E-state index contributed by atoms with van der Waals surface area (Å²) >= 11 is 1.72. The summed E-state index contributed by atoms with van der Waals surface area (Å²) in [5.74, 6) is 0. The molecule has 2 rings (SSSR count). The lowest BCUT2D eigenvalue weighted by atomic mass is 10.1. The number of thiazole rings is 1. The molecule has 1 N–H and O–H groups in total. The van der Waals surface area contributed by atoms with Gasteiger partial charge in [-0.2, -0.15) is 0 Å². The second kappa shape index (κ2) is 6.12. The zero-order valence-electron chi connectivity index (χ0n) is 11.2. The summed E-state index contributed by atoms with van der Waals surface area (Å²) in [5, 5.41) is 6.83. The predicted molar refractivity (Wildman–Crippen MR) is 77.9 cm³/mol. The first-order chi connectivity index (χ1) is 8.70. The van der Waals surface area contributed by atoms with E-state index in [1.165, 1.54) is 21.7 Å². The van der Waals surface area contributed by atoms with Crippen LogP contribution in [-0.4, -0.2) is 4.98 Å². The summed E-state index contributed by atoms with van der Waals surface area (Å²) in [5.41, 5.74) is 4.05. The molecule has 0 radical (unpaired) electrons. The highest BCUT2D eigenvalue weighted by Gasteiger charge is 2.11. The number of aryl methyl sites for hydroxylation is 2. The Balaban J connectivity index is 2.04. The van der Waals surface area contributed by atoms with Crippen LogP contribution in [0.2, 0.25) is 0 Å². The topological polar surface area (TPSA) is 24.9 Å². The SMILES string of the molecule is CCC(NCc1cc(C)ccc1C)c1nccs1. The monoisotopic (exact) mass is 260 g/mol. The molecule has 18 heavy (non-hydrogen) atoms. The van der Waals surface area contributed by atoms with Crippen molar-refractivity contribution in [1.29, 1.82) is 0 Å². The number of hydrogen-bond acceptors (Lipinski definition) is 3. The lowest BCUT2D eigenvalue weighted by Crippen LogP contribution is -2.20. The summed E-state index contributed by atoms with van der Waals surface area (Å²) in [4.78, 5) is 4.40. The van der Waals surface area contributed by atoms with E-state index in [2.05, 4.69) is 49.3 Å². The van der Waals surface area contributed by atoms with Gasteiger partial charge in [-0.25, -0.2) is 4.98 Å². The van der Waals surface area contributed by atoms with Gasteiger partial charge in [-0.05, 0) is 31.4 Å². The summed E-state index contributed by atoms with van der Waals surface area (Å²) in [6.07, 6.45) is 2.95. The standard InChI is InChI=1S/C15H20N2S/c1-4-14(15-16-7-8-18-15)17-10-13-9-11(2)5-6-12(13)3/h5-9,14,17H,4,10H2,1-3H3. The Morgan fingerprint density at radius 2 is 2.17 bits per heavy atom. The molecule has 0 spiro atoms. The summed E-state index contributed by atoms with van der Waals surface area (Å²) in [6, 6.07) is 6.98. The zero-order valence-corrected chi connectivity index (χ0v) is 12.1. The van der Waals surface area contributed by atoms with Gasteiger partial charge in [0.2, 0.25) is 0 Å². The van der Waals surface area contributed by atoms with Gasteiger partial charge in [0.1, 0.15) is 5.01 Å². The molecule has 0 aliphatic carbocycles. The third kappa shape index (κ3) is 3.18. The molecule has 0 saturated heterocycles. The number of rotatable bonds is 5. The third-order valence-electron chi connectivity index (χ3n) is 3.20. The Bertz CT molecular complexity index is 491. The van der Waals surface area contributed by atoms with Crippen molar-refractivity contribution in [2.24, 2.45) is 0 Å². The van der Waals surface area contributed by atoms with Gasteiger partial charge in [0.25, 0.3) is 0 Å². The number of benzene rings is 1. The first-order valence-electron chi connectivity index (χ1n) is 6.39. The fraction of sp³-hybridized carbons (Fsp3) is 0.400. The van der Waals surface area contributed by atoms with Crippen molar-refractivity contribution in [3.05, 3.63) is 51.5 Å². The molecule has 0 saturated carbocycles. The largest absolute Gasteiger partial charge is 0.304 e. The van der Waals surface area contributed by atoms with Gasteiger partial charge >= 0.3 is 0 Å². The molecular formula is C15H20N2S. The number of nitrogens with one attached hydrogen (secondary N) is 1. The van der Waals surface area contributed by atoms with E-state index >= 15 is 0 Å². The van der Waals surface area contributed by atoms with Crippen LogP contribution in [-0.2, 0) is 6.54 Å². The van der Waals surface area contributed by atoms with E-state index in [0.717, 1.165) is 13.0 Å². The Hall–Kier alpha value is -1.19. The lowest BCUT2D eigenvalue weighted by molar-refractivity contribution is 0.516. The third-order valence-corrected chi connectivity index (χ3v) is 4.09. The Morgan fingerprint density at radius 1 is 1.33 bits per heavy atom. The van der Waals surface area contributed by atoms with Crippen LogP contribution in [0, 0.1) is 13.8 Å². The highest BCUT2D eigenvalue weighted by atomic mass is 32.1. The maximum Gasteiger partial charge on any atom is 0.109 e. The van der Waals surface area contributed by atoms with Crippen LogP contribution in [0.1, 0.15) is 41.1 Å². The fourth-order valence-electron chi connectivity index (χ4n) is 2.04. The van der Waals surface area contributed by atoms with Crippen LogP contribution < -0.4 is 5.32 Å². The van der Waals surface area contributed by atoms with Gasteiger partial charge in [-0.1, -0.05) is 30.7 Å². The number of aromatic nitrogens is 1. The summed E-state index contributed by atoms with van der Waals surface area (Å²) in [6.45, 7) is 7.41. The molecule has 1 aromatic carbocycles. The first-order valence-corrected chi connectivity index (χ1v) is 7.27. The van der Waals surface area contributed by atoms with Gasteiger partial charge in [-0.3, -0.25) is 0 Å². The minimum Gasteiger partial charge on any atom is -0.304 e. The molecule has 0 fully saturated rings. The minimum absolute atomic E-state index is 0.366. The van der Waals surface area contributed by atoms with Crippen LogP contribution in [0.15, 0.2) is 29.8 Å². The van der Waals surface area contributed by atoms with Crippen molar-refractivity contribution in [2.45, 2.75) is 39.8 Å². The van der Waals surface area contributed by atoms with E-state index in [1.807, 2.05) is 11.6 Å². The van der Waals surface area contributed by atoms with Crippen molar-refractivity contribution >= 4 is 11.3 Å². The average Bonchev–Trinajstić information content (AvgIpc) is 2.88. The molecule has 1 aromatic heterocycles. The molecule has 2 aromatic rings. The Kier molecular flexibility index (Phi) is 4.50. The summed E-state index contributed by atoms with van der Waals surface area (Å²) in [7, 11) is 0. The van der Waals surface area contributed by atoms with Gasteiger partial charge in [0.05, 0.1) is 6.04 Å². The van der Waals surface area contributed by atoms with E-state index in [-0.39, 0.29) is 0 Å². The molecule has 1 unspecified atom stereocenters. The van der Waals surface area contributed by atoms with Gasteiger partial charge in [0, 0.05) is 18.1 Å². The van der Waals surface area contributed by atoms with Gasteiger partial charge < -0.3 is 5.32 Å². The number of hydrogen-bond donors (Lipinski definition) is 1. The molecular weight excluding hydrogens is 240 g/mol. The van der Waals surface area contributed by atoms with Crippen molar-refractivity contribution in [1.82, 2.24) is 10.3 Å². The van der Waals surface area contributed by atoms with E-state index in [4.69, 9.17) is 0 Å². The van der Waals surface area contributed by atoms with Crippen LogP contribution in [0.5, 0.6) is 0 Å². The summed E-state index contributed by atoms with van der Waals surface area (Å²) < 4.78 is 0. The number of nitrogens with zero attached hydrogens (tertiary/aromatic N) is 1. The maximum atomic E-state index is 4.40. The lowest BCUT2D eigenvalue weighted by Gasteiger charge is -2.15. The highest BCUT2D eigenvalue weighted by Crippen LogP contribution is 2.20. The van der Waals surface area contributed by atoms with Crippen molar-refractivity contribution in [3.8, 4) is 0 Å².